The monoisotopic (exact) mass is 327 g/mol. The van der Waals surface area contributed by atoms with Gasteiger partial charge in [0, 0.05) is 29.3 Å². The van der Waals surface area contributed by atoms with E-state index in [4.69, 9.17) is 0 Å². The van der Waals surface area contributed by atoms with E-state index in [9.17, 15) is 26.4 Å². The molecule has 1 aromatic carbocycles. The molecule has 1 aromatic rings. The quantitative estimate of drug-likeness (QED) is 0.736. The van der Waals surface area contributed by atoms with Crippen LogP contribution in [0, 0.1) is 0 Å². The molecule has 3 rings (SSSR count). The van der Waals surface area contributed by atoms with Crippen LogP contribution in [-0.2, 0) is 21.0 Å². The van der Waals surface area contributed by atoms with Crippen molar-refractivity contribution in [2.45, 2.75) is 17.5 Å². The highest BCUT2D eigenvalue weighted by Crippen LogP contribution is 2.37. The van der Waals surface area contributed by atoms with Gasteiger partial charge in [0.2, 0.25) is 0 Å². The Kier molecular flexibility index (Phi) is 3.10. The molecule has 2 aliphatic rings. The number of ketones is 1. The second kappa shape index (κ2) is 4.64. The fourth-order valence-electron chi connectivity index (χ4n) is 2.35. The molecule has 0 fully saturated rings. The number of allylic oxidation sites excluding steroid dienone is 4. The van der Waals surface area contributed by atoms with Crippen molar-refractivity contribution in [2.24, 2.45) is 4.40 Å². The van der Waals surface area contributed by atoms with Gasteiger partial charge in [0.1, 0.15) is 0 Å². The highest BCUT2D eigenvalue weighted by Gasteiger charge is 2.35. The molecule has 0 aromatic heterocycles. The number of benzene rings is 1. The van der Waals surface area contributed by atoms with Crippen LogP contribution >= 0.6 is 0 Å². The predicted molar refractivity (Wildman–Crippen MR) is 72.8 cm³/mol. The second-order valence-corrected chi connectivity index (χ2v) is 6.38. The number of hydrogen-bond acceptors (Lipinski definition) is 3. The normalized spacial score (nSPS) is 19.7. The number of Topliss-reactive ketones (excluding diaryl/α,β-unsaturated/α-hetero) is 1. The standard InChI is InChI=1S/C14H8F3NO3S/c15-14(16,17)9-4-5-10-12(6-9)22(20,21)18-7-8-2-1-3-11(19)13(8)10/h1-2,4-7H,3H2. The summed E-state index contributed by atoms with van der Waals surface area (Å²) in [7, 11) is -4.30. The van der Waals surface area contributed by atoms with E-state index in [2.05, 4.69) is 4.40 Å². The highest BCUT2D eigenvalue weighted by molar-refractivity contribution is 7.90. The summed E-state index contributed by atoms with van der Waals surface area (Å²) in [6.45, 7) is 0. The van der Waals surface area contributed by atoms with Crippen LogP contribution in [0.2, 0.25) is 0 Å². The van der Waals surface area contributed by atoms with Crippen LogP contribution in [-0.4, -0.2) is 20.4 Å². The molecule has 114 valence electrons. The molecule has 4 nitrogen and oxygen atoms in total. The Morgan fingerprint density at radius 1 is 1.18 bits per heavy atom. The molecule has 0 N–H and O–H groups in total. The summed E-state index contributed by atoms with van der Waals surface area (Å²) < 4.78 is 65.9. The minimum absolute atomic E-state index is 0.0464. The Morgan fingerprint density at radius 2 is 1.91 bits per heavy atom. The van der Waals surface area contributed by atoms with Crippen molar-refractivity contribution in [2.75, 3.05) is 0 Å². The number of fused-ring (bicyclic) bond motifs is 2. The van der Waals surface area contributed by atoms with Gasteiger partial charge in [0.15, 0.2) is 5.78 Å². The average molecular weight is 327 g/mol. The van der Waals surface area contributed by atoms with E-state index >= 15 is 0 Å². The molecule has 0 unspecified atom stereocenters. The maximum absolute atomic E-state index is 12.8. The van der Waals surface area contributed by atoms with Gasteiger partial charge in [0.05, 0.1) is 10.5 Å². The summed E-state index contributed by atoms with van der Waals surface area (Å²) in [5, 5.41) is 0. The van der Waals surface area contributed by atoms with Crippen LogP contribution in [0.3, 0.4) is 0 Å². The fraction of sp³-hybridized carbons (Fsp3) is 0.143. The Morgan fingerprint density at radius 3 is 2.59 bits per heavy atom. The van der Waals surface area contributed by atoms with Crippen LogP contribution in [0.15, 0.2) is 45.2 Å². The minimum atomic E-state index is -4.69. The molecule has 1 aliphatic heterocycles. The smallest absolute Gasteiger partial charge is 0.294 e. The zero-order valence-electron chi connectivity index (χ0n) is 10.9. The van der Waals surface area contributed by atoms with Crippen LogP contribution in [0.5, 0.6) is 0 Å². The average Bonchev–Trinajstić information content (AvgIpc) is 2.54. The van der Waals surface area contributed by atoms with Crippen LogP contribution in [0.25, 0.3) is 5.57 Å². The van der Waals surface area contributed by atoms with Gasteiger partial charge in [-0.1, -0.05) is 18.2 Å². The molecule has 8 heteroatoms. The summed E-state index contributed by atoms with van der Waals surface area (Å²) in [6, 6.07) is 2.29. The zero-order valence-corrected chi connectivity index (χ0v) is 11.7. The van der Waals surface area contributed by atoms with Crippen molar-refractivity contribution < 1.29 is 26.4 Å². The van der Waals surface area contributed by atoms with E-state index in [-0.39, 0.29) is 28.9 Å². The molecule has 0 radical (unpaired) electrons. The van der Waals surface area contributed by atoms with E-state index in [0.29, 0.717) is 6.07 Å². The van der Waals surface area contributed by atoms with E-state index in [1.165, 1.54) is 6.08 Å². The lowest BCUT2D eigenvalue weighted by molar-refractivity contribution is -0.137. The van der Waals surface area contributed by atoms with Crippen LogP contribution < -0.4 is 0 Å². The number of sulfonamides is 1. The number of hydrogen-bond donors (Lipinski definition) is 0. The van der Waals surface area contributed by atoms with Crippen molar-refractivity contribution >= 4 is 27.6 Å². The van der Waals surface area contributed by atoms with Gasteiger partial charge < -0.3 is 0 Å². The number of halogens is 3. The fourth-order valence-corrected chi connectivity index (χ4v) is 3.44. The Bertz CT molecular complexity index is 877. The Hall–Kier alpha value is -2.22. The molecule has 0 saturated heterocycles. The van der Waals surface area contributed by atoms with Crippen LogP contribution in [0.4, 0.5) is 13.2 Å². The molecule has 0 amide bonds. The van der Waals surface area contributed by atoms with Crippen molar-refractivity contribution in [3.05, 3.63) is 47.1 Å². The lowest BCUT2D eigenvalue weighted by Crippen LogP contribution is -2.11. The number of carbonyl (C=O) groups excluding carboxylic acids is 1. The Labute approximate surface area is 123 Å². The summed E-state index contributed by atoms with van der Waals surface area (Å²) in [5.74, 6) is -0.359. The Balaban J connectivity index is 2.36. The lowest BCUT2D eigenvalue weighted by Gasteiger charge is -2.15. The number of carbonyl (C=O) groups is 1. The molecule has 1 aliphatic carbocycles. The first-order valence-corrected chi connectivity index (χ1v) is 7.60. The van der Waals surface area contributed by atoms with Gasteiger partial charge in [-0.3, -0.25) is 4.79 Å². The molecule has 22 heavy (non-hydrogen) atoms. The molecule has 1 heterocycles. The molecule has 0 spiro atoms. The van der Waals surface area contributed by atoms with Crippen molar-refractivity contribution in [3.63, 3.8) is 0 Å². The third-order valence-electron chi connectivity index (χ3n) is 3.35. The largest absolute Gasteiger partial charge is 0.416 e. The first kappa shape index (κ1) is 14.7. The maximum Gasteiger partial charge on any atom is 0.416 e. The molecular weight excluding hydrogens is 319 g/mol. The number of rotatable bonds is 0. The molecule has 0 saturated carbocycles. The van der Waals surface area contributed by atoms with Crippen LogP contribution in [0.1, 0.15) is 17.5 Å². The summed E-state index contributed by atoms with van der Waals surface area (Å²) in [6.07, 6.45) is -0.551. The van der Waals surface area contributed by atoms with E-state index in [1.807, 2.05) is 0 Å². The van der Waals surface area contributed by atoms with Gasteiger partial charge in [-0.25, -0.2) is 0 Å². The van der Waals surface area contributed by atoms with Crippen molar-refractivity contribution in [3.8, 4) is 0 Å². The van der Waals surface area contributed by atoms with E-state index in [0.717, 1.165) is 18.3 Å². The zero-order chi connectivity index (χ0) is 16.1. The predicted octanol–water partition coefficient (Wildman–Crippen LogP) is 2.76. The highest BCUT2D eigenvalue weighted by atomic mass is 32.2. The van der Waals surface area contributed by atoms with Gasteiger partial charge in [0.25, 0.3) is 10.0 Å². The maximum atomic E-state index is 12.8. The summed E-state index contributed by atoms with van der Waals surface area (Å²) in [5.41, 5.74) is -0.794. The van der Waals surface area contributed by atoms with Crippen molar-refractivity contribution in [1.82, 2.24) is 0 Å². The van der Waals surface area contributed by atoms with Gasteiger partial charge in [-0.05, 0) is 12.1 Å². The van der Waals surface area contributed by atoms with E-state index < -0.39 is 26.7 Å². The number of alkyl halides is 3. The lowest BCUT2D eigenvalue weighted by atomic mass is 9.90. The SMILES string of the molecule is O=C1CC=CC2=C1c1ccc(C(F)(F)F)cc1S(=O)(=O)N=C2. The minimum Gasteiger partial charge on any atom is -0.294 e. The van der Waals surface area contributed by atoms with Crippen molar-refractivity contribution in [1.29, 1.82) is 0 Å². The molecular formula is C14H8F3NO3S. The first-order valence-electron chi connectivity index (χ1n) is 6.16. The number of nitrogens with zero attached hydrogens (tertiary/aromatic N) is 1. The first-order chi connectivity index (χ1) is 10.2. The summed E-state index contributed by atoms with van der Waals surface area (Å²) >= 11 is 0. The third kappa shape index (κ3) is 2.29. The van der Waals surface area contributed by atoms with E-state index in [1.54, 1.807) is 6.08 Å². The topological polar surface area (TPSA) is 63.6 Å². The van der Waals surface area contributed by atoms with Gasteiger partial charge in [-0.2, -0.15) is 26.0 Å². The molecule has 0 bridgehead atoms. The van der Waals surface area contributed by atoms with Gasteiger partial charge >= 0.3 is 6.18 Å². The molecule has 0 atom stereocenters. The van der Waals surface area contributed by atoms with Gasteiger partial charge in [-0.15, -0.1) is 0 Å². The summed E-state index contributed by atoms with van der Waals surface area (Å²) in [4.78, 5) is 11.4. The second-order valence-electron chi connectivity index (χ2n) is 4.78. The third-order valence-corrected chi connectivity index (χ3v) is 4.63.